The van der Waals surface area contributed by atoms with Crippen LogP contribution < -0.4 is 5.43 Å². The standard InChI is InChI=1S/C12H12N4O/c1-8-4-11(17)5-9(2)16(8)12-10(6-13)7-15(3)14-12/h4-5,7H,1-3H3. The van der Waals surface area contributed by atoms with E-state index in [9.17, 15) is 4.79 Å². The molecule has 0 atom stereocenters. The predicted molar refractivity (Wildman–Crippen MR) is 63.0 cm³/mol. The molecule has 0 spiro atoms. The number of nitriles is 1. The van der Waals surface area contributed by atoms with Crippen LogP contribution in [0.2, 0.25) is 0 Å². The molecule has 2 rings (SSSR count). The van der Waals surface area contributed by atoms with E-state index in [4.69, 9.17) is 5.26 Å². The SMILES string of the molecule is Cc1cc(=O)cc(C)n1-c1nn(C)cc1C#N. The van der Waals surface area contributed by atoms with Crippen molar-refractivity contribution >= 4 is 0 Å². The Balaban J connectivity index is 2.77. The van der Waals surface area contributed by atoms with Crippen LogP contribution >= 0.6 is 0 Å². The van der Waals surface area contributed by atoms with Crippen molar-refractivity contribution in [2.45, 2.75) is 13.8 Å². The van der Waals surface area contributed by atoms with Crippen LogP contribution in [-0.2, 0) is 7.05 Å². The fraction of sp³-hybridized carbons (Fsp3) is 0.250. The smallest absolute Gasteiger partial charge is 0.182 e. The summed E-state index contributed by atoms with van der Waals surface area (Å²) in [5.41, 5.74) is 1.99. The third-order valence-electron chi connectivity index (χ3n) is 2.55. The minimum atomic E-state index is -0.0364. The summed E-state index contributed by atoms with van der Waals surface area (Å²) in [6.07, 6.45) is 1.66. The molecule has 0 aliphatic rings. The van der Waals surface area contributed by atoms with E-state index in [0.29, 0.717) is 11.4 Å². The molecular weight excluding hydrogens is 216 g/mol. The molecule has 0 aliphatic carbocycles. The maximum atomic E-state index is 11.4. The van der Waals surface area contributed by atoms with E-state index in [1.165, 1.54) is 12.1 Å². The van der Waals surface area contributed by atoms with Gasteiger partial charge in [-0.05, 0) is 13.8 Å². The Bertz CT molecular complexity index is 647. The van der Waals surface area contributed by atoms with Gasteiger partial charge < -0.3 is 4.57 Å². The lowest BCUT2D eigenvalue weighted by molar-refractivity contribution is 0.741. The number of pyridine rings is 1. The fourth-order valence-corrected chi connectivity index (χ4v) is 1.92. The number of aromatic nitrogens is 3. The summed E-state index contributed by atoms with van der Waals surface area (Å²) in [4.78, 5) is 11.4. The first-order valence-electron chi connectivity index (χ1n) is 5.17. The Labute approximate surface area is 98.5 Å². The lowest BCUT2D eigenvalue weighted by atomic mass is 10.2. The summed E-state index contributed by atoms with van der Waals surface area (Å²) in [5.74, 6) is 0.560. The molecular formula is C12H12N4O. The van der Waals surface area contributed by atoms with Crippen molar-refractivity contribution in [1.82, 2.24) is 14.3 Å². The van der Waals surface area contributed by atoms with Crippen molar-refractivity contribution in [3.05, 3.63) is 45.5 Å². The summed E-state index contributed by atoms with van der Waals surface area (Å²) in [7, 11) is 1.76. The van der Waals surface area contributed by atoms with Gasteiger partial charge in [0, 0.05) is 36.8 Å². The first-order valence-corrected chi connectivity index (χ1v) is 5.17. The van der Waals surface area contributed by atoms with Gasteiger partial charge in [0.15, 0.2) is 11.2 Å². The molecule has 17 heavy (non-hydrogen) atoms. The van der Waals surface area contributed by atoms with Crippen LogP contribution in [0.1, 0.15) is 17.0 Å². The molecule has 0 radical (unpaired) electrons. The zero-order valence-electron chi connectivity index (χ0n) is 9.93. The van der Waals surface area contributed by atoms with E-state index >= 15 is 0 Å². The van der Waals surface area contributed by atoms with Gasteiger partial charge in [-0.2, -0.15) is 10.4 Å². The third kappa shape index (κ3) is 1.85. The highest BCUT2D eigenvalue weighted by Gasteiger charge is 2.12. The van der Waals surface area contributed by atoms with Crippen LogP contribution in [0.5, 0.6) is 0 Å². The Morgan fingerprint density at radius 3 is 2.41 bits per heavy atom. The number of rotatable bonds is 1. The topological polar surface area (TPSA) is 63.6 Å². The first-order chi connectivity index (χ1) is 8.02. The molecule has 0 saturated heterocycles. The number of aryl methyl sites for hydroxylation is 3. The molecule has 0 bridgehead atoms. The van der Waals surface area contributed by atoms with Crippen LogP contribution in [0, 0.1) is 25.2 Å². The summed E-state index contributed by atoms with van der Waals surface area (Å²) in [6.45, 7) is 3.65. The maximum Gasteiger partial charge on any atom is 0.182 e. The number of hydrogen-bond donors (Lipinski definition) is 0. The van der Waals surface area contributed by atoms with Gasteiger partial charge in [0.2, 0.25) is 0 Å². The van der Waals surface area contributed by atoms with Gasteiger partial charge in [-0.1, -0.05) is 0 Å². The molecule has 0 N–H and O–H groups in total. The summed E-state index contributed by atoms with van der Waals surface area (Å²) in [5, 5.41) is 13.3. The van der Waals surface area contributed by atoms with Gasteiger partial charge in [-0.25, -0.2) is 0 Å². The number of nitrogens with zero attached hydrogens (tertiary/aromatic N) is 4. The Kier molecular flexibility index (Phi) is 2.56. The van der Waals surface area contributed by atoms with Gasteiger partial charge in [0.1, 0.15) is 11.6 Å². The second kappa shape index (κ2) is 3.91. The lowest BCUT2D eigenvalue weighted by Gasteiger charge is -2.11. The molecule has 5 nitrogen and oxygen atoms in total. The zero-order valence-corrected chi connectivity index (χ0v) is 9.93. The Hall–Kier alpha value is -2.35. The van der Waals surface area contributed by atoms with E-state index in [2.05, 4.69) is 11.2 Å². The Morgan fingerprint density at radius 1 is 1.29 bits per heavy atom. The molecule has 0 aromatic carbocycles. The third-order valence-corrected chi connectivity index (χ3v) is 2.55. The van der Waals surface area contributed by atoms with E-state index < -0.39 is 0 Å². The molecule has 2 heterocycles. The molecule has 2 aromatic rings. The first kappa shape index (κ1) is 11.1. The van der Waals surface area contributed by atoms with Gasteiger partial charge in [0.25, 0.3) is 0 Å². The minimum absolute atomic E-state index is 0.0364. The van der Waals surface area contributed by atoms with Crippen LogP contribution in [0.15, 0.2) is 23.1 Å². The van der Waals surface area contributed by atoms with Crippen molar-refractivity contribution in [2.75, 3.05) is 0 Å². The largest absolute Gasteiger partial charge is 0.300 e. The van der Waals surface area contributed by atoms with Gasteiger partial charge >= 0.3 is 0 Å². The highest BCUT2D eigenvalue weighted by atomic mass is 16.1. The van der Waals surface area contributed by atoms with Crippen LogP contribution in [0.4, 0.5) is 0 Å². The molecule has 5 heteroatoms. The van der Waals surface area contributed by atoms with Crippen molar-refractivity contribution < 1.29 is 0 Å². The summed E-state index contributed by atoms with van der Waals surface area (Å²) in [6, 6.07) is 5.16. The predicted octanol–water partition coefficient (Wildman–Crippen LogP) is 1.06. The average molecular weight is 228 g/mol. The average Bonchev–Trinajstić information content (AvgIpc) is 2.58. The van der Waals surface area contributed by atoms with Gasteiger partial charge in [-0.15, -0.1) is 0 Å². The van der Waals surface area contributed by atoms with Crippen LogP contribution in [-0.4, -0.2) is 14.3 Å². The molecule has 0 unspecified atom stereocenters. The second-order valence-electron chi connectivity index (χ2n) is 3.96. The quantitative estimate of drug-likeness (QED) is 0.733. The summed E-state index contributed by atoms with van der Waals surface area (Å²) >= 11 is 0. The van der Waals surface area contributed by atoms with Gasteiger partial charge in [0.05, 0.1) is 0 Å². The van der Waals surface area contributed by atoms with Crippen molar-refractivity contribution in [1.29, 1.82) is 5.26 Å². The molecule has 0 saturated carbocycles. The van der Waals surface area contributed by atoms with E-state index in [0.717, 1.165) is 11.4 Å². The zero-order chi connectivity index (χ0) is 12.6. The maximum absolute atomic E-state index is 11.4. The molecule has 0 aliphatic heterocycles. The van der Waals surface area contributed by atoms with E-state index in [1.54, 1.807) is 22.5 Å². The number of hydrogen-bond acceptors (Lipinski definition) is 3. The van der Waals surface area contributed by atoms with Crippen molar-refractivity contribution in [3.63, 3.8) is 0 Å². The molecule has 2 aromatic heterocycles. The normalized spacial score (nSPS) is 10.2. The molecule has 86 valence electrons. The summed E-state index contributed by atoms with van der Waals surface area (Å²) < 4.78 is 3.39. The monoisotopic (exact) mass is 228 g/mol. The Morgan fingerprint density at radius 2 is 1.88 bits per heavy atom. The van der Waals surface area contributed by atoms with E-state index in [1.807, 2.05) is 13.8 Å². The van der Waals surface area contributed by atoms with Crippen molar-refractivity contribution in [2.24, 2.45) is 7.05 Å². The molecule has 0 fully saturated rings. The fourth-order valence-electron chi connectivity index (χ4n) is 1.92. The minimum Gasteiger partial charge on any atom is -0.300 e. The second-order valence-corrected chi connectivity index (χ2v) is 3.96. The highest BCUT2D eigenvalue weighted by molar-refractivity contribution is 5.44. The lowest BCUT2D eigenvalue weighted by Crippen LogP contribution is -2.12. The van der Waals surface area contributed by atoms with Crippen molar-refractivity contribution in [3.8, 4) is 11.9 Å². The van der Waals surface area contributed by atoms with E-state index in [-0.39, 0.29) is 5.43 Å². The van der Waals surface area contributed by atoms with Crippen LogP contribution in [0.3, 0.4) is 0 Å². The molecule has 0 amide bonds. The van der Waals surface area contributed by atoms with Crippen LogP contribution in [0.25, 0.3) is 5.82 Å². The highest BCUT2D eigenvalue weighted by Crippen LogP contribution is 2.15. The van der Waals surface area contributed by atoms with Gasteiger partial charge in [-0.3, -0.25) is 9.48 Å².